The molecule has 0 aliphatic heterocycles. The predicted octanol–water partition coefficient (Wildman–Crippen LogP) is 3.69. The molecular formula is C45H56ClN7O8. The van der Waals surface area contributed by atoms with Crippen molar-refractivity contribution >= 4 is 41.6 Å². The van der Waals surface area contributed by atoms with E-state index >= 15 is 0 Å². The number of hydrogen-bond acceptors (Lipinski definition) is 11. The fourth-order valence-electron chi connectivity index (χ4n) is 6.57. The highest BCUT2D eigenvalue weighted by atomic mass is 35.5. The van der Waals surface area contributed by atoms with Crippen LogP contribution in [0.4, 0.5) is 0 Å². The molecule has 0 radical (unpaired) electrons. The maximum absolute atomic E-state index is 14.3. The lowest BCUT2D eigenvalue weighted by Gasteiger charge is -2.29. The number of nitrogens with one attached hydrogen (secondary N) is 3. The predicted molar refractivity (Wildman–Crippen MR) is 235 cm³/mol. The first kappa shape index (κ1) is 47.8. The second-order valence-corrected chi connectivity index (χ2v) is 14.8. The molecule has 0 aliphatic rings. The number of aliphatic carboxylic acids is 1. The molecular weight excluding hydrogens is 802 g/mol. The van der Waals surface area contributed by atoms with Crippen molar-refractivity contribution in [2.24, 2.45) is 17.2 Å². The van der Waals surface area contributed by atoms with E-state index < -0.39 is 47.9 Å². The van der Waals surface area contributed by atoms with E-state index in [1.165, 1.54) is 11.9 Å². The van der Waals surface area contributed by atoms with Crippen LogP contribution in [0.3, 0.4) is 0 Å². The van der Waals surface area contributed by atoms with E-state index in [1.807, 2.05) is 18.2 Å². The number of benzene rings is 4. The number of amides is 3. The Hall–Kier alpha value is -5.84. The van der Waals surface area contributed by atoms with E-state index in [0.717, 1.165) is 11.1 Å². The Labute approximate surface area is 361 Å². The summed E-state index contributed by atoms with van der Waals surface area (Å²) in [6.07, 6.45) is 1.99. The van der Waals surface area contributed by atoms with E-state index in [2.05, 4.69) is 16.0 Å². The van der Waals surface area contributed by atoms with Crippen LogP contribution in [0, 0.1) is 0 Å². The Kier molecular flexibility index (Phi) is 18.7. The van der Waals surface area contributed by atoms with Gasteiger partial charge in [-0.2, -0.15) is 0 Å². The monoisotopic (exact) mass is 857 g/mol. The molecule has 4 rings (SSSR count). The van der Waals surface area contributed by atoms with Gasteiger partial charge in [0.1, 0.15) is 49.1 Å². The van der Waals surface area contributed by atoms with E-state index in [4.69, 9.17) is 38.3 Å². The lowest BCUT2D eigenvalue weighted by molar-refractivity contribution is -0.142. The normalized spacial score (nSPS) is 13.0. The maximum atomic E-state index is 14.3. The fraction of sp³-hybridized carbons (Fsp3) is 0.356. The molecule has 0 saturated heterocycles. The molecule has 3 amide bonds. The Morgan fingerprint density at radius 3 is 2.03 bits per heavy atom. The second-order valence-electron chi connectivity index (χ2n) is 14.4. The molecule has 326 valence electrons. The standard InChI is InChI=1S/C45H56ClN7O8/c1-28(50-2)42(55)52-38(45(58)59)25-29-11-17-40(60-22-20-48)34(24-29)35-26-32(16-18-41(35)61-23-21-49)39(27-54)53(3)44(57)37(10-6-7-19-47)51-43(56)31-14-12-30(13-15-31)33-8-4-5-9-36(33)46/h4-5,8-9,11-18,24,26-28,37-39,50H,6-7,10,19-23,25,47-49H2,1-3H3,(H,51,56)(H,52,55)(H,58,59)/t28-,37-,38?,39?/m0/s1. The zero-order valence-electron chi connectivity index (χ0n) is 34.7. The minimum Gasteiger partial charge on any atom is -0.492 e. The molecule has 0 bridgehead atoms. The van der Waals surface area contributed by atoms with Crippen molar-refractivity contribution in [1.82, 2.24) is 20.9 Å². The first-order chi connectivity index (χ1) is 29.4. The third kappa shape index (κ3) is 13.1. The van der Waals surface area contributed by atoms with Gasteiger partial charge in [0.15, 0.2) is 0 Å². The lowest BCUT2D eigenvalue weighted by Crippen LogP contribution is -2.49. The summed E-state index contributed by atoms with van der Waals surface area (Å²) in [7, 11) is 3.09. The largest absolute Gasteiger partial charge is 0.492 e. The number of rotatable bonds is 24. The quantitative estimate of drug-likeness (QED) is 0.0395. The number of carbonyl (C=O) groups excluding carboxylic acids is 4. The fourth-order valence-corrected chi connectivity index (χ4v) is 6.82. The van der Waals surface area contributed by atoms with Crippen LogP contribution < -0.4 is 42.6 Å². The van der Waals surface area contributed by atoms with Crippen LogP contribution in [0.5, 0.6) is 11.5 Å². The molecule has 0 aromatic heterocycles. The van der Waals surface area contributed by atoms with Crippen LogP contribution in [0.15, 0.2) is 84.9 Å². The van der Waals surface area contributed by atoms with Gasteiger partial charge in [-0.1, -0.05) is 54.1 Å². The minimum atomic E-state index is -1.25. The molecule has 15 nitrogen and oxygen atoms in total. The minimum absolute atomic E-state index is 0.0721. The number of halogens is 1. The van der Waals surface area contributed by atoms with Crippen LogP contribution in [0.2, 0.25) is 5.02 Å². The Morgan fingerprint density at radius 2 is 1.44 bits per heavy atom. The number of hydrogen-bond donors (Lipinski definition) is 7. The molecule has 0 fully saturated rings. The number of unbranched alkanes of at least 4 members (excludes halogenated alkanes) is 1. The first-order valence-electron chi connectivity index (χ1n) is 20.1. The van der Waals surface area contributed by atoms with Crippen LogP contribution >= 0.6 is 11.6 Å². The highest BCUT2D eigenvalue weighted by Crippen LogP contribution is 2.40. The third-order valence-corrected chi connectivity index (χ3v) is 10.4. The summed E-state index contributed by atoms with van der Waals surface area (Å²) < 4.78 is 12.1. The number of ether oxygens (including phenoxy) is 2. The molecule has 2 unspecified atom stereocenters. The van der Waals surface area contributed by atoms with Crippen molar-refractivity contribution in [2.45, 2.75) is 56.8 Å². The van der Waals surface area contributed by atoms with Crippen LogP contribution in [-0.2, 0) is 25.6 Å². The molecule has 10 N–H and O–H groups in total. The second kappa shape index (κ2) is 23.8. The lowest BCUT2D eigenvalue weighted by atomic mass is 9.94. The molecule has 0 saturated carbocycles. The summed E-state index contributed by atoms with van der Waals surface area (Å²) in [6.45, 7) is 2.70. The van der Waals surface area contributed by atoms with Crippen LogP contribution in [0.25, 0.3) is 22.3 Å². The zero-order chi connectivity index (χ0) is 44.5. The van der Waals surface area contributed by atoms with Crippen molar-refractivity contribution < 1.29 is 38.6 Å². The van der Waals surface area contributed by atoms with Crippen LogP contribution in [-0.4, -0.2) is 105 Å². The first-order valence-corrected chi connectivity index (χ1v) is 20.5. The van der Waals surface area contributed by atoms with Gasteiger partial charge in [-0.05, 0) is 98.9 Å². The number of nitrogens with two attached hydrogens (primary N) is 3. The van der Waals surface area contributed by atoms with Crippen molar-refractivity contribution in [1.29, 1.82) is 0 Å². The Morgan fingerprint density at radius 1 is 0.803 bits per heavy atom. The number of carbonyl (C=O) groups is 5. The van der Waals surface area contributed by atoms with Gasteiger partial charge >= 0.3 is 5.97 Å². The van der Waals surface area contributed by atoms with Crippen molar-refractivity contribution in [3.05, 3.63) is 107 Å². The number of likely N-dealkylation sites (N-methyl/N-ethyl adjacent to an activating group) is 2. The Balaban J connectivity index is 1.69. The van der Waals surface area contributed by atoms with Gasteiger partial charge in [0.25, 0.3) is 5.91 Å². The highest BCUT2D eigenvalue weighted by Gasteiger charge is 2.30. The Bertz CT molecular complexity index is 2120. The SMILES string of the molecule is CN[C@@H](C)C(=O)NC(Cc1ccc(OCCN)c(-c2cc(C(C=O)N(C)C(=O)[C@H](CCCCN)NC(=O)c3ccc(-c4ccccc4Cl)cc3)ccc2OCCN)c1)C(=O)O. The van der Waals surface area contributed by atoms with Gasteiger partial charge in [-0.3, -0.25) is 14.4 Å². The number of carboxylic acids is 1. The highest BCUT2D eigenvalue weighted by molar-refractivity contribution is 6.33. The number of carboxylic acid groups (broad SMARTS) is 1. The van der Waals surface area contributed by atoms with E-state index in [0.29, 0.717) is 70.0 Å². The van der Waals surface area contributed by atoms with Crippen molar-refractivity contribution in [3.63, 3.8) is 0 Å². The van der Waals surface area contributed by atoms with E-state index in [-0.39, 0.29) is 39.1 Å². The van der Waals surface area contributed by atoms with Crippen molar-refractivity contribution in [2.75, 3.05) is 46.9 Å². The molecule has 0 heterocycles. The van der Waals surface area contributed by atoms with Crippen molar-refractivity contribution in [3.8, 4) is 33.8 Å². The average molecular weight is 858 g/mol. The van der Waals surface area contributed by atoms with Gasteiger partial charge in [0.05, 0.1) is 6.04 Å². The average Bonchev–Trinajstić information content (AvgIpc) is 3.27. The summed E-state index contributed by atoms with van der Waals surface area (Å²) in [6, 6.07) is 20.3. The summed E-state index contributed by atoms with van der Waals surface area (Å²) in [4.78, 5) is 67.0. The topological polar surface area (TPSA) is 241 Å². The summed E-state index contributed by atoms with van der Waals surface area (Å²) in [5, 5.41) is 18.8. The third-order valence-electron chi connectivity index (χ3n) is 10.1. The summed E-state index contributed by atoms with van der Waals surface area (Å²) >= 11 is 6.38. The van der Waals surface area contributed by atoms with Gasteiger partial charge < -0.3 is 57.4 Å². The van der Waals surface area contributed by atoms with Gasteiger partial charge in [0, 0.05) is 53.8 Å². The smallest absolute Gasteiger partial charge is 0.326 e. The number of aldehydes is 1. The number of nitrogens with zero attached hydrogens (tertiary/aromatic N) is 1. The molecule has 4 atom stereocenters. The molecule has 0 spiro atoms. The van der Waals surface area contributed by atoms with E-state index in [1.54, 1.807) is 80.7 Å². The maximum Gasteiger partial charge on any atom is 0.326 e. The van der Waals surface area contributed by atoms with Gasteiger partial charge in [0.2, 0.25) is 11.8 Å². The molecule has 0 aliphatic carbocycles. The van der Waals surface area contributed by atoms with Crippen LogP contribution in [0.1, 0.15) is 53.7 Å². The summed E-state index contributed by atoms with van der Waals surface area (Å²) in [5.74, 6) is -1.90. The molecule has 4 aromatic carbocycles. The van der Waals surface area contributed by atoms with Gasteiger partial charge in [-0.15, -0.1) is 0 Å². The van der Waals surface area contributed by atoms with Gasteiger partial charge in [-0.25, -0.2) is 4.79 Å². The van der Waals surface area contributed by atoms with E-state index in [9.17, 15) is 29.1 Å². The molecule has 4 aromatic rings. The molecule has 16 heteroatoms. The zero-order valence-corrected chi connectivity index (χ0v) is 35.5. The molecule has 61 heavy (non-hydrogen) atoms. The summed E-state index contributed by atoms with van der Waals surface area (Å²) in [5.41, 5.74) is 21.2.